The van der Waals surface area contributed by atoms with Crippen LogP contribution in [0.15, 0.2) is 60.7 Å². The molecule has 3 aromatic rings. The van der Waals surface area contributed by atoms with Crippen molar-refractivity contribution in [1.29, 1.82) is 0 Å². The number of carbonyl (C=O) groups excluding carboxylic acids is 1. The molecule has 1 fully saturated rings. The second-order valence-electron chi connectivity index (χ2n) is 6.79. The van der Waals surface area contributed by atoms with Crippen LogP contribution < -0.4 is 4.74 Å². The van der Waals surface area contributed by atoms with E-state index in [2.05, 4.69) is 5.10 Å². The Bertz CT molecular complexity index is 951. The molecule has 0 bridgehead atoms. The molecule has 0 saturated carbocycles. The smallest absolute Gasteiger partial charge is 0.272 e. The number of aromatic nitrogens is 2. The number of methoxy groups -OCH3 is 1. The molecule has 144 valence electrons. The molecule has 0 radical (unpaired) electrons. The Labute approximate surface area is 164 Å². The molecule has 1 amide bonds. The van der Waals surface area contributed by atoms with Crippen molar-refractivity contribution in [3.05, 3.63) is 71.9 Å². The van der Waals surface area contributed by atoms with E-state index in [1.54, 1.807) is 18.8 Å². The van der Waals surface area contributed by atoms with E-state index in [1.165, 1.54) is 0 Å². The van der Waals surface area contributed by atoms with E-state index < -0.39 is 0 Å². The van der Waals surface area contributed by atoms with Gasteiger partial charge in [-0.25, -0.2) is 0 Å². The molecular weight excluding hydrogens is 354 g/mol. The van der Waals surface area contributed by atoms with Crippen LogP contribution in [0.25, 0.3) is 11.3 Å². The highest BCUT2D eigenvalue weighted by Crippen LogP contribution is 2.25. The maximum atomic E-state index is 13.1. The van der Waals surface area contributed by atoms with E-state index in [0.29, 0.717) is 25.4 Å². The minimum Gasteiger partial charge on any atom is -0.497 e. The van der Waals surface area contributed by atoms with Gasteiger partial charge in [0.1, 0.15) is 17.5 Å². The lowest BCUT2D eigenvalue weighted by molar-refractivity contribution is -0.0231. The third-order valence-electron chi connectivity index (χ3n) is 5.01. The van der Waals surface area contributed by atoms with Crippen LogP contribution in [0.2, 0.25) is 0 Å². The van der Waals surface area contributed by atoms with Crippen molar-refractivity contribution in [3.63, 3.8) is 0 Å². The molecule has 6 nitrogen and oxygen atoms in total. The average Bonchev–Trinajstić information content (AvgIpc) is 3.15. The van der Waals surface area contributed by atoms with Gasteiger partial charge in [-0.3, -0.25) is 9.48 Å². The normalized spacial score (nSPS) is 16.8. The Morgan fingerprint density at radius 3 is 2.61 bits per heavy atom. The minimum atomic E-state index is -0.104. The highest BCUT2D eigenvalue weighted by atomic mass is 16.5. The fourth-order valence-electron chi connectivity index (χ4n) is 3.44. The lowest BCUT2D eigenvalue weighted by Gasteiger charge is -2.33. The summed E-state index contributed by atoms with van der Waals surface area (Å²) in [4.78, 5) is 15.0. The van der Waals surface area contributed by atoms with Gasteiger partial charge in [0, 0.05) is 19.2 Å². The number of carbonyl (C=O) groups is 1. The molecule has 4 rings (SSSR count). The van der Waals surface area contributed by atoms with Gasteiger partial charge in [-0.1, -0.05) is 30.3 Å². The van der Waals surface area contributed by atoms with E-state index in [0.717, 1.165) is 22.6 Å². The fraction of sp³-hybridized carbons (Fsp3) is 0.273. The number of ether oxygens (including phenoxy) is 2. The van der Waals surface area contributed by atoms with Gasteiger partial charge in [0.15, 0.2) is 0 Å². The molecule has 1 atom stereocenters. The van der Waals surface area contributed by atoms with Gasteiger partial charge >= 0.3 is 0 Å². The van der Waals surface area contributed by atoms with E-state index >= 15 is 0 Å². The summed E-state index contributed by atoms with van der Waals surface area (Å²) in [7, 11) is 3.44. The van der Waals surface area contributed by atoms with Gasteiger partial charge in [-0.2, -0.15) is 5.10 Å². The Hall–Kier alpha value is -3.12. The molecule has 1 aromatic heterocycles. The number of morpholine rings is 1. The van der Waals surface area contributed by atoms with Gasteiger partial charge in [0.25, 0.3) is 5.91 Å². The summed E-state index contributed by atoms with van der Waals surface area (Å²) in [6.45, 7) is 1.63. The van der Waals surface area contributed by atoms with Crippen LogP contribution in [0.1, 0.15) is 22.2 Å². The predicted octanol–water partition coefficient (Wildman–Crippen LogP) is 3.31. The van der Waals surface area contributed by atoms with Crippen molar-refractivity contribution in [3.8, 4) is 17.0 Å². The molecule has 1 saturated heterocycles. The van der Waals surface area contributed by atoms with Crippen molar-refractivity contribution in [2.45, 2.75) is 6.10 Å². The summed E-state index contributed by atoms with van der Waals surface area (Å²) in [5, 5.41) is 4.53. The Balaban J connectivity index is 1.53. The summed E-state index contributed by atoms with van der Waals surface area (Å²) in [5.74, 6) is 0.759. The molecule has 2 aromatic carbocycles. The standard InChI is InChI=1S/C22H23N3O3/c1-24-20(14-19(23-24)16-8-10-18(27-2)11-9-16)22(26)25-12-13-28-21(15-25)17-6-4-3-5-7-17/h3-11,14,21H,12-13,15H2,1-2H3. The van der Waals surface area contributed by atoms with Crippen molar-refractivity contribution in [2.75, 3.05) is 26.8 Å². The number of benzene rings is 2. The zero-order chi connectivity index (χ0) is 19.5. The average molecular weight is 377 g/mol. The molecule has 1 aliphatic rings. The predicted molar refractivity (Wildman–Crippen MR) is 106 cm³/mol. The first-order valence-electron chi connectivity index (χ1n) is 9.30. The van der Waals surface area contributed by atoms with Crippen LogP contribution in [0.4, 0.5) is 0 Å². The zero-order valence-corrected chi connectivity index (χ0v) is 16.0. The summed E-state index contributed by atoms with van der Waals surface area (Å²) in [5.41, 5.74) is 3.37. The molecule has 1 aliphatic heterocycles. The third-order valence-corrected chi connectivity index (χ3v) is 5.01. The van der Waals surface area contributed by atoms with E-state index in [4.69, 9.17) is 9.47 Å². The number of amides is 1. The van der Waals surface area contributed by atoms with Crippen LogP contribution in [0.3, 0.4) is 0 Å². The molecule has 2 heterocycles. The van der Waals surface area contributed by atoms with Crippen LogP contribution >= 0.6 is 0 Å². The lowest BCUT2D eigenvalue weighted by atomic mass is 10.1. The fourth-order valence-corrected chi connectivity index (χ4v) is 3.44. The van der Waals surface area contributed by atoms with Crippen molar-refractivity contribution in [1.82, 2.24) is 14.7 Å². The molecule has 0 spiro atoms. The highest BCUT2D eigenvalue weighted by molar-refractivity contribution is 5.93. The van der Waals surface area contributed by atoms with Gasteiger partial charge in [0.05, 0.1) is 26.0 Å². The van der Waals surface area contributed by atoms with Crippen LogP contribution in [0, 0.1) is 0 Å². The van der Waals surface area contributed by atoms with Crippen molar-refractivity contribution >= 4 is 5.91 Å². The molecular formula is C22H23N3O3. The maximum Gasteiger partial charge on any atom is 0.272 e. The number of nitrogens with zero attached hydrogens (tertiary/aromatic N) is 3. The van der Waals surface area contributed by atoms with Gasteiger partial charge in [-0.05, 0) is 35.9 Å². The topological polar surface area (TPSA) is 56.6 Å². The van der Waals surface area contributed by atoms with Gasteiger partial charge < -0.3 is 14.4 Å². The van der Waals surface area contributed by atoms with Crippen LogP contribution in [-0.2, 0) is 11.8 Å². The molecule has 1 unspecified atom stereocenters. The number of aryl methyl sites for hydroxylation is 1. The monoisotopic (exact) mass is 377 g/mol. The third kappa shape index (κ3) is 3.64. The molecule has 0 aliphatic carbocycles. The largest absolute Gasteiger partial charge is 0.497 e. The second-order valence-corrected chi connectivity index (χ2v) is 6.79. The number of hydrogen-bond donors (Lipinski definition) is 0. The quantitative estimate of drug-likeness (QED) is 0.700. The van der Waals surface area contributed by atoms with E-state index in [9.17, 15) is 4.79 Å². The zero-order valence-electron chi connectivity index (χ0n) is 16.0. The summed E-state index contributed by atoms with van der Waals surface area (Å²) >= 11 is 0. The molecule has 6 heteroatoms. The van der Waals surface area contributed by atoms with Crippen LogP contribution in [0.5, 0.6) is 5.75 Å². The van der Waals surface area contributed by atoms with Gasteiger partial charge in [-0.15, -0.1) is 0 Å². The van der Waals surface area contributed by atoms with Crippen molar-refractivity contribution in [2.24, 2.45) is 7.05 Å². The minimum absolute atomic E-state index is 0.0287. The number of hydrogen-bond acceptors (Lipinski definition) is 4. The summed E-state index contributed by atoms with van der Waals surface area (Å²) in [6.07, 6.45) is -0.104. The van der Waals surface area contributed by atoms with Crippen LogP contribution in [-0.4, -0.2) is 47.4 Å². The first-order valence-corrected chi connectivity index (χ1v) is 9.30. The summed E-state index contributed by atoms with van der Waals surface area (Å²) < 4.78 is 12.7. The van der Waals surface area contributed by atoms with E-state index in [1.807, 2.05) is 65.6 Å². The first-order chi connectivity index (χ1) is 13.7. The maximum absolute atomic E-state index is 13.1. The van der Waals surface area contributed by atoms with Gasteiger partial charge in [0.2, 0.25) is 0 Å². The first kappa shape index (κ1) is 18.3. The Morgan fingerprint density at radius 2 is 1.89 bits per heavy atom. The van der Waals surface area contributed by atoms with E-state index in [-0.39, 0.29) is 12.0 Å². The molecule has 0 N–H and O–H groups in total. The number of rotatable bonds is 4. The Kier molecular flexibility index (Phi) is 5.12. The highest BCUT2D eigenvalue weighted by Gasteiger charge is 2.28. The SMILES string of the molecule is COc1ccc(-c2cc(C(=O)N3CCOC(c4ccccc4)C3)n(C)n2)cc1. The van der Waals surface area contributed by atoms with Crippen molar-refractivity contribution < 1.29 is 14.3 Å². The summed E-state index contributed by atoms with van der Waals surface area (Å²) in [6, 6.07) is 19.5. The Morgan fingerprint density at radius 1 is 1.14 bits per heavy atom. The molecule has 28 heavy (non-hydrogen) atoms. The second kappa shape index (κ2) is 7.86. The lowest BCUT2D eigenvalue weighted by Crippen LogP contribution is -2.42.